The Labute approximate surface area is 135 Å². The standard InChI is InChI=1S/C17H24BrNO2/c1-20-16-10-14(15(18)11-17(16)21-2)12-19-9-8-13-6-4-3-5-7-13/h6,10-11,19H,3-5,7-9,12H2,1-2H3. The Hall–Kier alpha value is -1.00. The summed E-state index contributed by atoms with van der Waals surface area (Å²) in [6.45, 7) is 1.85. The van der Waals surface area contributed by atoms with Crippen LogP contribution in [0.3, 0.4) is 0 Å². The number of allylic oxidation sites excluding steroid dienone is 1. The summed E-state index contributed by atoms with van der Waals surface area (Å²) in [5.41, 5.74) is 2.80. The van der Waals surface area contributed by atoms with Gasteiger partial charge < -0.3 is 14.8 Å². The zero-order valence-electron chi connectivity index (χ0n) is 12.9. The third kappa shape index (κ3) is 4.75. The molecule has 1 aromatic carbocycles. The quantitative estimate of drug-likeness (QED) is 0.580. The molecule has 0 amide bonds. The number of rotatable bonds is 7. The molecular formula is C17H24BrNO2. The first kappa shape index (κ1) is 16.4. The SMILES string of the molecule is COc1cc(Br)c(CNCCC2=CCCCC2)cc1OC. The van der Waals surface area contributed by atoms with Crippen LogP contribution in [0.4, 0.5) is 0 Å². The Morgan fingerprint density at radius 3 is 2.57 bits per heavy atom. The fourth-order valence-electron chi connectivity index (χ4n) is 2.64. The lowest BCUT2D eigenvalue weighted by molar-refractivity contribution is 0.354. The van der Waals surface area contributed by atoms with Crippen molar-refractivity contribution in [1.82, 2.24) is 5.32 Å². The molecule has 0 bridgehead atoms. The van der Waals surface area contributed by atoms with Gasteiger partial charge >= 0.3 is 0 Å². The van der Waals surface area contributed by atoms with Crippen LogP contribution < -0.4 is 14.8 Å². The second-order valence-corrected chi connectivity index (χ2v) is 6.19. The molecule has 0 unspecified atom stereocenters. The maximum Gasteiger partial charge on any atom is 0.161 e. The molecule has 1 aliphatic rings. The molecule has 0 aliphatic heterocycles. The normalized spacial score (nSPS) is 14.7. The van der Waals surface area contributed by atoms with Gasteiger partial charge in [0, 0.05) is 11.0 Å². The van der Waals surface area contributed by atoms with Crippen LogP contribution in [0.2, 0.25) is 0 Å². The van der Waals surface area contributed by atoms with Crippen LogP contribution in [0.25, 0.3) is 0 Å². The van der Waals surface area contributed by atoms with Gasteiger partial charge in [0.15, 0.2) is 11.5 Å². The molecule has 0 saturated heterocycles. The van der Waals surface area contributed by atoms with E-state index >= 15 is 0 Å². The van der Waals surface area contributed by atoms with Crippen LogP contribution in [-0.2, 0) is 6.54 Å². The summed E-state index contributed by atoms with van der Waals surface area (Å²) in [5.74, 6) is 1.52. The smallest absolute Gasteiger partial charge is 0.161 e. The minimum absolute atomic E-state index is 0.750. The van der Waals surface area contributed by atoms with E-state index in [1.54, 1.807) is 19.8 Å². The Morgan fingerprint density at radius 2 is 1.90 bits per heavy atom. The zero-order chi connectivity index (χ0) is 15.1. The molecular weight excluding hydrogens is 330 g/mol. The Kier molecular flexibility index (Phi) is 6.58. The van der Waals surface area contributed by atoms with E-state index in [1.807, 2.05) is 12.1 Å². The van der Waals surface area contributed by atoms with E-state index in [0.717, 1.165) is 35.5 Å². The van der Waals surface area contributed by atoms with Crippen LogP contribution in [-0.4, -0.2) is 20.8 Å². The lowest BCUT2D eigenvalue weighted by Gasteiger charge is -2.14. The molecule has 4 heteroatoms. The average Bonchev–Trinajstić information content (AvgIpc) is 2.53. The van der Waals surface area contributed by atoms with Crippen molar-refractivity contribution >= 4 is 15.9 Å². The Morgan fingerprint density at radius 1 is 1.14 bits per heavy atom. The number of hydrogen-bond acceptors (Lipinski definition) is 3. The predicted octanol–water partition coefficient (Wildman–Crippen LogP) is 4.45. The number of halogens is 1. The molecule has 0 radical (unpaired) electrons. The summed E-state index contributed by atoms with van der Waals surface area (Å²) >= 11 is 3.59. The summed E-state index contributed by atoms with van der Waals surface area (Å²) in [5, 5.41) is 3.51. The van der Waals surface area contributed by atoms with E-state index in [2.05, 4.69) is 27.3 Å². The van der Waals surface area contributed by atoms with Gasteiger partial charge in [-0.3, -0.25) is 0 Å². The van der Waals surface area contributed by atoms with Crippen LogP contribution in [0, 0.1) is 0 Å². The van der Waals surface area contributed by atoms with Crippen molar-refractivity contribution in [1.29, 1.82) is 0 Å². The van der Waals surface area contributed by atoms with E-state index in [4.69, 9.17) is 9.47 Å². The Bertz CT molecular complexity index is 500. The predicted molar refractivity (Wildman–Crippen MR) is 90.1 cm³/mol. The van der Waals surface area contributed by atoms with Crippen molar-refractivity contribution in [3.63, 3.8) is 0 Å². The van der Waals surface area contributed by atoms with Crippen LogP contribution >= 0.6 is 15.9 Å². The highest BCUT2D eigenvalue weighted by Crippen LogP contribution is 2.33. The minimum Gasteiger partial charge on any atom is -0.493 e. The third-order valence-electron chi connectivity index (χ3n) is 3.88. The summed E-state index contributed by atoms with van der Waals surface area (Å²) < 4.78 is 11.7. The molecule has 0 atom stereocenters. The van der Waals surface area contributed by atoms with E-state index in [-0.39, 0.29) is 0 Å². The van der Waals surface area contributed by atoms with Crippen molar-refractivity contribution in [2.75, 3.05) is 20.8 Å². The second-order valence-electron chi connectivity index (χ2n) is 5.33. The van der Waals surface area contributed by atoms with Gasteiger partial charge in [0.05, 0.1) is 14.2 Å². The number of hydrogen-bond donors (Lipinski definition) is 1. The molecule has 1 aromatic rings. The molecule has 116 valence electrons. The molecule has 21 heavy (non-hydrogen) atoms. The van der Waals surface area contributed by atoms with Gasteiger partial charge in [0.1, 0.15) is 0 Å². The first-order valence-electron chi connectivity index (χ1n) is 7.53. The third-order valence-corrected chi connectivity index (χ3v) is 4.61. The number of benzene rings is 1. The van der Waals surface area contributed by atoms with E-state index in [1.165, 1.54) is 31.2 Å². The summed E-state index contributed by atoms with van der Waals surface area (Å²) in [4.78, 5) is 0. The lowest BCUT2D eigenvalue weighted by Crippen LogP contribution is -2.16. The molecule has 0 fully saturated rings. The maximum absolute atomic E-state index is 5.35. The largest absolute Gasteiger partial charge is 0.493 e. The van der Waals surface area contributed by atoms with Gasteiger partial charge in [-0.05, 0) is 56.3 Å². The number of nitrogens with one attached hydrogen (secondary N) is 1. The number of ether oxygens (including phenoxy) is 2. The molecule has 0 heterocycles. The average molecular weight is 354 g/mol. The first-order valence-corrected chi connectivity index (χ1v) is 8.33. The number of methoxy groups -OCH3 is 2. The van der Waals surface area contributed by atoms with E-state index in [9.17, 15) is 0 Å². The zero-order valence-corrected chi connectivity index (χ0v) is 14.5. The van der Waals surface area contributed by atoms with Crippen LogP contribution in [0.5, 0.6) is 11.5 Å². The monoisotopic (exact) mass is 353 g/mol. The minimum atomic E-state index is 0.750. The van der Waals surface area contributed by atoms with Gasteiger partial charge in [-0.2, -0.15) is 0 Å². The molecule has 0 spiro atoms. The topological polar surface area (TPSA) is 30.5 Å². The molecule has 1 N–H and O–H groups in total. The van der Waals surface area contributed by atoms with Crippen LogP contribution in [0.15, 0.2) is 28.3 Å². The van der Waals surface area contributed by atoms with Crippen LogP contribution in [0.1, 0.15) is 37.7 Å². The van der Waals surface area contributed by atoms with Gasteiger partial charge in [-0.25, -0.2) is 0 Å². The highest BCUT2D eigenvalue weighted by molar-refractivity contribution is 9.10. The summed E-state index contributed by atoms with van der Waals surface area (Å²) in [7, 11) is 3.32. The van der Waals surface area contributed by atoms with Crippen molar-refractivity contribution in [3.8, 4) is 11.5 Å². The summed E-state index contributed by atoms with van der Waals surface area (Å²) in [6, 6.07) is 3.98. The molecule has 1 aliphatic carbocycles. The summed E-state index contributed by atoms with van der Waals surface area (Å²) in [6.07, 6.45) is 8.82. The van der Waals surface area contributed by atoms with Crippen molar-refractivity contribution in [2.45, 2.75) is 38.6 Å². The highest BCUT2D eigenvalue weighted by atomic mass is 79.9. The van der Waals surface area contributed by atoms with Crippen molar-refractivity contribution in [2.24, 2.45) is 0 Å². The molecule has 3 nitrogen and oxygen atoms in total. The Balaban J connectivity index is 1.86. The van der Waals surface area contributed by atoms with Gasteiger partial charge in [-0.1, -0.05) is 27.6 Å². The van der Waals surface area contributed by atoms with E-state index in [0.29, 0.717) is 0 Å². The molecule has 2 rings (SSSR count). The van der Waals surface area contributed by atoms with Crippen molar-refractivity contribution in [3.05, 3.63) is 33.8 Å². The fourth-order valence-corrected chi connectivity index (χ4v) is 3.10. The highest BCUT2D eigenvalue weighted by Gasteiger charge is 2.09. The first-order chi connectivity index (χ1) is 10.2. The van der Waals surface area contributed by atoms with Gasteiger partial charge in [0.25, 0.3) is 0 Å². The van der Waals surface area contributed by atoms with Gasteiger partial charge in [0.2, 0.25) is 0 Å². The van der Waals surface area contributed by atoms with E-state index < -0.39 is 0 Å². The second kappa shape index (κ2) is 8.44. The maximum atomic E-state index is 5.35. The molecule has 0 aromatic heterocycles. The molecule has 0 saturated carbocycles. The van der Waals surface area contributed by atoms with Crippen molar-refractivity contribution < 1.29 is 9.47 Å². The van der Waals surface area contributed by atoms with Gasteiger partial charge in [-0.15, -0.1) is 0 Å². The fraction of sp³-hybridized carbons (Fsp3) is 0.529. The lowest BCUT2D eigenvalue weighted by atomic mass is 9.97.